The van der Waals surface area contributed by atoms with Crippen molar-refractivity contribution in [3.05, 3.63) is 131 Å². The minimum atomic E-state index is -0.984. The summed E-state index contributed by atoms with van der Waals surface area (Å²) in [4.78, 5) is 27.8. The second-order valence-electron chi connectivity index (χ2n) is 10.9. The second kappa shape index (κ2) is 14.5. The molecule has 1 aliphatic rings. The zero-order valence-corrected chi connectivity index (χ0v) is 23.8. The Morgan fingerprint density at radius 1 is 0.810 bits per heavy atom. The number of anilines is 1. The monoisotopic (exact) mass is 562 g/mol. The van der Waals surface area contributed by atoms with Crippen molar-refractivity contribution in [2.24, 2.45) is 0 Å². The van der Waals surface area contributed by atoms with E-state index >= 15 is 0 Å². The van der Waals surface area contributed by atoms with E-state index < -0.39 is 12.0 Å². The third-order valence-electron chi connectivity index (χ3n) is 7.92. The number of carboxylic acids is 1. The highest BCUT2D eigenvalue weighted by Gasteiger charge is 2.23. The first-order valence-electron chi connectivity index (χ1n) is 14.7. The highest BCUT2D eigenvalue weighted by Crippen LogP contribution is 2.25. The van der Waals surface area contributed by atoms with E-state index in [2.05, 4.69) is 40.5 Å². The summed E-state index contributed by atoms with van der Waals surface area (Å²) < 4.78 is 6.11. The molecule has 0 heterocycles. The van der Waals surface area contributed by atoms with Gasteiger partial charge in [-0.25, -0.2) is 4.79 Å². The Kier molecular flexibility index (Phi) is 10.0. The van der Waals surface area contributed by atoms with Crippen LogP contribution in [0.3, 0.4) is 0 Å². The normalized spacial score (nSPS) is 14.0. The molecule has 1 atom stereocenters. The first-order chi connectivity index (χ1) is 20.6. The van der Waals surface area contributed by atoms with Crippen LogP contribution in [0.15, 0.2) is 109 Å². The fraction of sp³-hybridized carbons (Fsp3) is 0.278. The van der Waals surface area contributed by atoms with Gasteiger partial charge in [0.05, 0.1) is 0 Å². The summed E-state index contributed by atoms with van der Waals surface area (Å²) in [5.41, 5.74) is 3.69. The summed E-state index contributed by atoms with van der Waals surface area (Å²) in [7, 11) is 0. The molecule has 0 radical (unpaired) electrons. The lowest BCUT2D eigenvalue weighted by molar-refractivity contribution is -0.137. The Labute approximate surface area is 248 Å². The molecule has 1 saturated carbocycles. The summed E-state index contributed by atoms with van der Waals surface area (Å²) in [5.74, 6) is -0.370. The molecule has 4 aromatic rings. The smallest absolute Gasteiger partial charge is 0.326 e. The van der Waals surface area contributed by atoms with E-state index in [-0.39, 0.29) is 12.2 Å². The molecule has 6 heteroatoms. The third kappa shape index (κ3) is 7.86. The van der Waals surface area contributed by atoms with Crippen LogP contribution in [0.1, 0.15) is 52.7 Å². The van der Waals surface area contributed by atoms with Gasteiger partial charge >= 0.3 is 5.97 Å². The van der Waals surface area contributed by atoms with Gasteiger partial charge in [-0.1, -0.05) is 97.8 Å². The number of ketones is 1. The van der Waals surface area contributed by atoms with Gasteiger partial charge in [0.15, 0.2) is 5.78 Å². The number of rotatable bonds is 14. The van der Waals surface area contributed by atoms with Crippen molar-refractivity contribution in [2.75, 3.05) is 18.5 Å². The average molecular weight is 563 g/mol. The number of carboxylic acid groups (broad SMARTS) is 1. The first-order valence-corrected chi connectivity index (χ1v) is 14.7. The van der Waals surface area contributed by atoms with Crippen molar-refractivity contribution in [2.45, 2.75) is 50.7 Å². The van der Waals surface area contributed by atoms with Gasteiger partial charge < -0.3 is 15.2 Å². The Bertz CT molecular complexity index is 1430. The molecule has 5 rings (SSSR count). The topological polar surface area (TPSA) is 78.9 Å². The number of carbonyl (C=O) groups is 2. The SMILES string of the molecule is O=C(c1ccccc1)c1ccccc1NC(Cc1ccc(OCCN(Cc2ccccc2)C2CCCC2)cc1)C(=O)O. The van der Waals surface area contributed by atoms with E-state index in [1.807, 2.05) is 42.5 Å². The summed E-state index contributed by atoms with van der Waals surface area (Å²) in [6, 6.07) is 34.0. The average Bonchev–Trinajstić information content (AvgIpc) is 3.57. The Morgan fingerprint density at radius 3 is 2.14 bits per heavy atom. The molecule has 216 valence electrons. The van der Waals surface area contributed by atoms with E-state index in [1.165, 1.54) is 31.2 Å². The lowest BCUT2D eigenvalue weighted by Crippen LogP contribution is -2.36. The van der Waals surface area contributed by atoms with Crippen LogP contribution in [-0.2, 0) is 17.8 Å². The summed E-state index contributed by atoms with van der Waals surface area (Å²) >= 11 is 0. The van der Waals surface area contributed by atoms with E-state index in [4.69, 9.17) is 4.74 Å². The van der Waals surface area contributed by atoms with Crippen molar-refractivity contribution in [1.29, 1.82) is 0 Å². The summed E-state index contributed by atoms with van der Waals surface area (Å²) in [6.07, 6.45) is 5.32. The molecule has 0 aromatic heterocycles. The molecule has 0 amide bonds. The van der Waals surface area contributed by atoms with Gasteiger partial charge in [-0.3, -0.25) is 9.69 Å². The van der Waals surface area contributed by atoms with Gasteiger partial charge in [0, 0.05) is 42.4 Å². The number of para-hydroxylation sites is 1. The van der Waals surface area contributed by atoms with Gasteiger partial charge in [0.2, 0.25) is 0 Å². The molecule has 4 aromatic carbocycles. The molecular formula is C36H38N2O4. The van der Waals surface area contributed by atoms with Gasteiger partial charge in [-0.2, -0.15) is 0 Å². The maximum absolute atomic E-state index is 13.1. The highest BCUT2D eigenvalue weighted by atomic mass is 16.5. The van der Waals surface area contributed by atoms with Crippen LogP contribution >= 0.6 is 0 Å². The Balaban J connectivity index is 1.18. The molecule has 6 nitrogen and oxygen atoms in total. The molecule has 0 aliphatic heterocycles. The van der Waals surface area contributed by atoms with Crippen molar-refractivity contribution in [3.63, 3.8) is 0 Å². The van der Waals surface area contributed by atoms with Crippen molar-refractivity contribution in [1.82, 2.24) is 4.90 Å². The van der Waals surface area contributed by atoms with E-state index in [9.17, 15) is 14.7 Å². The zero-order chi connectivity index (χ0) is 29.1. The molecular weight excluding hydrogens is 524 g/mol. The number of carbonyl (C=O) groups excluding carboxylic acids is 1. The molecule has 1 fully saturated rings. The zero-order valence-electron chi connectivity index (χ0n) is 23.8. The predicted octanol–water partition coefficient (Wildman–Crippen LogP) is 6.85. The summed E-state index contributed by atoms with van der Waals surface area (Å²) in [6.45, 7) is 2.37. The first kappa shape index (κ1) is 29.1. The van der Waals surface area contributed by atoms with Crippen LogP contribution in [0.4, 0.5) is 5.69 Å². The van der Waals surface area contributed by atoms with Crippen LogP contribution in [0.25, 0.3) is 0 Å². The van der Waals surface area contributed by atoms with Gasteiger partial charge in [-0.15, -0.1) is 0 Å². The molecule has 0 bridgehead atoms. The lowest BCUT2D eigenvalue weighted by Gasteiger charge is -2.29. The maximum atomic E-state index is 13.1. The van der Waals surface area contributed by atoms with Crippen LogP contribution in [0.2, 0.25) is 0 Å². The van der Waals surface area contributed by atoms with Crippen LogP contribution in [-0.4, -0.2) is 47.0 Å². The number of ether oxygens (including phenoxy) is 1. The van der Waals surface area contributed by atoms with E-state index in [1.54, 1.807) is 36.4 Å². The number of hydrogen-bond acceptors (Lipinski definition) is 5. The van der Waals surface area contributed by atoms with E-state index in [0.29, 0.717) is 29.5 Å². The van der Waals surface area contributed by atoms with Gasteiger partial charge in [0.1, 0.15) is 18.4 Å². The summed E-state index contributed by atoms with van der Waals surface area (Å²) in [5, 5.41) is 13.1. The number of benzene rings is 4. The third-order valence-corrected chi connectivity index (χ3v) is 7.92. The fourth-order valence-corrected chi connectivity index (χ4v) is 5.66. The van der Waals surface area contributed by atoms with Gasteiger partial charge in [-0.05, 0) is 48.2 Å². The van der Waals surface area contributed by atoms with E-state index in [0.717, 1.165) is 24.4 Å². The number of nitrogens with zero attached hydrogens (tertiary/aromatic N) is 1. The van der Waals surface area contributed by atoms with Gasteiger partial charge in [0.25, 0.3) is 0 Å². The maximum Gasteiger partial charge on any atom is 0.326 e. The Morgan fingerprint density at radius 2 is 1.45 bits per heavy atom. The van der Waals surface area contributed by atoms with Crippen molar-refractivity contribution >= 4 is 17.4 Å². The molecule has 0 spiro atoms. The number of aliphatic carboxylic acids is 1. The number of hydrogen-bond donors (Lipinski definition) is 2. The minimum Gasteiger partial charge on any atom is -0.492 e. The van der Waals surface area contributed by atoms with Crippen molar-refractivity contribution < 1.29 is 19.4 Å². The fourth-order valence-electron chi connectivity index (χ4n) is 5.66. The predicted molar refractivity (Wildman–Crippen MR) is 166 cm³/mol. The quantitative estimate of drug-likeness (QED) is 0.164. The molecule has 42 heavy (non-hydrogen) atoms. The van der Waals surface area contributed by atoms with Crippen LogP contribution < -0.4 is 10.1 Å². The van der Waals surface area contributed by atoms with Crippen molar-refractivity contribution in [3.8, 4) is 5.75 Å². The number of nitrogens with one attached hydrogen (secondary N) is 1. The van der Waals surface area contributed by atoms with Crippen LogP contribution in [0.5, 0.6) is 5.75 Å². The Hall–Kier alpha value is -4.42. The molecule has 1 aliphatic carbocycles. The van der Waals surface area contributed by atoms with Crippen LogP contribution in [0, 0.1) is 0 Å². The second-order valence-corrected chi connectivity index (χ2v) is 10.9. The largest absolute Gasteiger partial charge is 0.492 e. The molecule has 0 saturated heterocycles. The highest BCUT2D eigenvalue weighted by molar-refractivity contribution is 6.12. The standard InChI is InChI=1S/C36H38N2O4/c39-35(29-13-5-2-6-14-29)32-17-9-10-18-33(32)37-34(36(40)41)25-27-19-21-31(22-20-27)42-24-23-38(30-15-7-8-16-30)26-28-11-3-1-4-12-28/h1-6,9-14,17-22,30,34,37H,7-8,15-16,23-26H2,(H,40,41). The minimum absolute atomic E-state index is 0.153. The molecule has 2 N–H and O–H groups in total. The molecule has 1 unspecified atom stereocenters. The lowest BCUT2D eigenvalue weighted by atomic mass is 10.00.